The van der Waals surface area contributed by atoms with E-state index in [1.165, 1.54) is 23.1 Å². The van der Waals surface area contributed by atoms with Gasteiger partial charge in [0.1, 0.15) is 17.9 Å². The number of benzene rings is 4. The quantitative estimate of drug-likeness (QED) is 0.0475. The summed E-state index contributed by atoms with van der Waals surface area (Å²) in [4.78, 5) is 57.6. The van der Waals surface area contributed by atoms with Crippen molar-refractivity contribution in [2.45, 2.75) is 19.6 Å². The first-order chi connectivity index (χ1) is 25.2. The summed E-state index contributed by atoms with van der Waals surface area (Å²) in [6, 6.07) is 29.9. The van der Waals surface area contributed by atoms with Crippen molar-refractivity contribution in [2.24, 2.45) is 4.99 Å². The molecule has 1 N–H and O–H groups in total. The van der Waals surface area contributed by atoms with E-state index in [-0.39, 0.29) is 34.7 Å². The molecule has 0 bridgehead atoms. The van der Waals surface area contributed by atoms with E-state index in [2.05, 4.69) is 32.8 Å². The van der Waals surface area contributed by atoms with E-state index < -0.39 is 22.8 Å². The van der Waals surface area contributed by atoms with Crippen molar-refractivity contribution in [3.05, 3.63) is 182 Å². The summed E-state index contributed by atoms with van der Waals surface area (Å²) < 4.78 is 6.67. The van der Waals surface area contributed by atoms with E-state index in [0.717, 1.165) is 22.9 Å². The van der Waals surface area contributed by atoms with Crippen LogP contribution in [-0.4, -0.2) is 38.5 Å². The molecule has 0 spiro atoms. The number of ether oxygens (including phenoxy) is 1. The largest absolute Gasteiger partial charge is 0.488 e. The maximum atomic E-state index is 14.2. The van der Waals surface area contributed by atoms with E-state index in [0.29, 0.717) is 27.0 Å². The second kappa shape index (κ2) is 17.9. The second-order valence-electron chi connectivity index (χ2n) is 11.2. The smallest absolute Gasteiger partial charge is 0.285 e. The van der Waals surface area contributed by atoms with Crippen LogP contribution in [0.25, 0.3) is 6.08 Å². The summed E-state index contributed by atoms with van der Waals surface area (Å²) in [5, 5.41) is 14.4. The number of non-ortho nitro benzene ring substituents is 1. The molecule has 52 heavy (non-hydrogen) atoms. The minimum Gasteiger partial charge on any atom is -0.488 e. The number of nitro benzene ring substituents is 1. The van der Waals surface area contributed by atoms with Gasteiger partial charge in [0.25, 0.3) is 17.5 Å². The van der Waals surface area contributed by atoms with Crippen molar-refractivity contribution in [3.8, 4) is 5.75 Å². The first-order valence-electron chi connectivity index (χ1n) is 16.0. The second-order valence-corrected chi connectivity index (χ2v) is 13.1. The number of carbonyl (C=O) groups is 3. The van der Waals surface area contributed by atoms with Crippen LogP contribution in [-0.2, 0) is 21.0 Å². The third-order valence-electron chi connectivity index (χ3n) is 7.70. The molecule has 0 aliphatic carbocycles. The van der Waals surface area contributed by atoms with E-state index in [1.807, 2.05) is 60.7 Å². The summed E-state index contributed by atoms with van der Waals surface area (Å²) >= 11 is 4.41. The topological polar surface area (TPSA) is 131 Å². The summed E-state index contributed by atoms with van der Waals surface area (Å²) in [6.45, 7) is 5.46. The Labute approximate surface area is 313 Å². The number of carbonyl (C=O) groups excluding carboxylic acids is 3. The van der Waals surface area contributed by atoms with Gasteiger partial charge in [0.15, 0.2) is 5.17 Å². The molecule has 4 aromatic carbocycles. The van der Waals surface area contributed by atoms with Crippen molar-refractivity contribution in [2.75, 3.05) is 5.75 Å². The van der Waals surface area contributed by atoms with Crippen molar-refractivity contribution >= 4 is 62.3 Å². The molecule has 0 saturated carbocycles. The van der Waals surface area contributed by atoms with Crippen LogP contribution in [0, 0.1) is 10.1 Å². The zero-order chi connectivity index (χ0) is 37.0. The standard InChI is InChI=1S/C40H33BrN4O6S/c1-3-5-18-32(4-2)44-39(48)34(24-30-23-31(41)20-21-35(30)51-25-27-13-12-19-33(22-27)45(49)50)38(47)43-40(44)52-26-36(46)42-37(28-14-8-6-9-15-28)29-16-10-7-11-17-29/h3-24,37H,1,25-26H2,2H3,(H,42,46)/b18-5-,32-4+,34-24+. The maximum absolute atomic E-state index is 14.2. The van der Waals surface area contributed by atoms with E-state index in [4.69, 9.17) is 4.74 Å². The number of hydrogen-bond acceptors (Lipinski definition) is 7. The molecule has 0 aromatic heterocycles. The molecule has 5 rings (SSSR count). The Morgan fingerprint density at radius 1 is 1.02 bits per heavy atom. The highest BCUT2D eigenvalue weighted by atomic mass is 79.9. The fourth-order valence-electron chi connectivity index (χ4n) is 5.23. The zero-order valence-corrected chi connectivity index (χ0v) is 30.4. The van der Waals surface area contributed by atoms with Crippen LogP contribution in [0.3, 0.4) is 0 Å². The van der Waals surface area contributed by atoms with Gasteiger partial charge in [-0.2, -0.15) is 4.99 Å². The summed E-state index contributed by atoms with van der Waals surface area (Å²) in [7, 11) is 0. The highest BCUT2D eigenvalue weighted by molar-refractivity contribution is 9.10. The fraction of sp³-hybridized carbons (Fsp3) is 0.100. The summed E-state index contributed by atoms with van der Waals surface area (Å²) in [6.07, 6.45) is 7.95. The fourth-order valence-corrected chi connectivity index (χ4v) is 6.42. The number of nitrogens with zero attached hydrogens (tertiary/aromatic N) is 3. The Kier molecular flexibility index (Phi) is 12.9. The molecule has 262 valence electrons. The summed E-state index contributed by atoms with van der Waals surface area (Å²) in [5.41, 5.74) is 2.88. The number of aliphatic imine (C=N–C) groups is 1. The molecule has 4 aromatic rings. The molecule has 1 aliphatic heterocycles. The first-order valence-corrected chi connectivity index (χ1v) is 17.8. The van der Waals surface area contributed by atoms with E-state index >= 15 is 0 Å². The molecule has 3 amide bonds. The van der Waals surface area contributed by atoms with Crippen molar-refractivity contribution in [1.82, 2.24) is 10.2 Å². The molecule has 0 atom stereocenters. The van der Waals surface area contributed by atoms with Crippen LogP contribution in [0.2, 0.25) is 0 Å². The molecule has 10 nitrogen and oxygen atoms in total. The van der Waals surface area contributed by atoms with Gasteiger partial charge in [-0.3, -0.25) is 29.4 Å². The lowest BCUT2D eigenvalue weighted by Gasteiger charge is -2.28. The molecule has 12 heteroatoms. The molecule has 0 radical (unpaired) electrons. The number of nitro groups is 1. The molecule has 0 fully saturated rings. The van der Waals surface area contributed by atoms with Gasteiger partial charge >= 0.3 is 0 Å². The SMILES string of the molecule is C=C/C=C\C(=C/C)N1C(=O)/C(=C/c2cc(Br)ccc2OCc2cccc([N+](=O)[O-])c2)C(=O)N=C1SCC(=O)NC(c1ccccc1)c1ccccc1. The molecule has 0 unspecified atom stereocenters. The monoisotopic (exact) mass is 776 g/mol. The first kappa shape index (κ1) is 37.4. The van der Waals surface area contributed by atoms with Crippen LogP contribution in [0.1, 0.15) is 35.2 Å². The number of allylic oxidation sites excluding steroid dienone is 4. The Bertz CT molecular complexity index is 2080. The van der Waals surface area contributed by atoms with Crippen LogP contribution < -0.4 is 10.1 Å². The van der Waals surface area contributed by atoms with Gasteiger partial charge in [0.05, 0.1) is 16.7 Å². The Balaban J connectivity index is 1.42. The molecular weight excluding hydrogens is 744 g/mol. The minimum absolute atomic E-state index is 0.00101. The highest BCUT2D eigenvalue weighted by Gasteiger charge is 2.35. The number of thioether (sulfide) groups is 1. The molecular formula is C40H33BrN4O6S. The lowest BCUT2D eigenvalue weighted by atomic mass is 9.99. The predicted molar refractivity (Wildman–Crippen MR) is 207 cm³/mol. The van der Waals surface area contributed by atoms with Crippen LogP contribution in [0.4, 0.5) is 5.69 Å². The Morgan fingerprint density at radius 3 is 2.35 bits per heavy atom. The van der Waals surface area contributed by atoms with Gasteiger partial charge in [-0.25, -0.2) is 0 Å². The number of halogens is 1. The third kappa shape index (κ3) is 9.47. The van der Waals surface area contributed by atoms with E-state index in [9.17, 15) is 24.5 Å². The number of amidine groups is 1. The van der Waals surface area contributed by atoms with E-state index in [1.54, 1.807) is 61.6 Å². The highest BCUT2D eigenvalue weighted by Crippen LogP contribution is 2.31. The predicted octanol–water partition coefficient (Wildman–Crippen LogP) is 8.33. The number of hydrogen-bond donors (Lipinski definition) is 1. The minimum atomic E-state index is -0.789. The van der Waals surface area contributed by atoms with Crippen molar-refractivity contribution in [1.29, 1.82) is 0 Å². The molecule has 1 aliphatic rings. The Morgan fingerprint density at radius 2 is 1.71 bits per heavy atom. The van der Waals surface area contributed by atoms with Gasteiger partial charge in [0.2, 0.25) is 5.91 Å². The zero-order valence-electron chi connectivity index (χ0n) is 28.0. The molecule has 1 heterocycles. The normalized spacial score (nSPS) is 14.1. The van der Waals surface area contributed by atoms with Crippen molar-refractivity contribution < 1.29 is 24.0 Å². The lowest BCUT2D eigenvalue weighted by molar-refractivity contribution is -0.384. The van der Waals surface area contributed by atoms with Crippen LogP contribution >= 0.6 is 27.7 Å². The Hall–Kier alpha value is -5.85. The lowest BCUT2D eigenvalue weighted by Crippen LogP contribution is -2.42. The number of nitrogens with one attached hydrogen (secondary N) is 1. The molecule has 0 saturated heterocycles. The van der Waals surface area contributed by atoms with Gasteiger partial charge in [0, 0.05) is 27.9 Å². The number of rotatable bonds is 13. The van der Waals surface area contributed by atoms with Gasteiger partial charge in [-0.15, -0.1) is 0 Å². The van der Waals surface area contributed by atoms with Gasteiger partial charge < -0.3 is 10.1 Å². The number of amides is 3. The van der Waals surface area contributed by atoms with Crippen LogP contribution in [0.15, 0.2) is 155 Å². The average molecular weight is 778 g/mol. The summed E-state index contributed by atoms with van der Waals surface area (Å²) in [5.74, 6) is -1.56. The average Bonchev–Trinajstić information content (AvgIpc) is 3.16. The third-order valence-corrected chi connectivity index (χ3v) is 9.13. The van der Waals surface area contributed by atoms with Crippen LogP contribution in [0.5, 0.6) is 5.75 Å². The van der Waals surface area contributed by atoms with Crippen molar-refractivity contribution in [3.63, 3.8) is 0 Å². The van der Waals surface area contributed by atoms with Gasteiger partial charge in [-0.05, 0) is 54.0 Å². The maximum Gasteiger partial charge on any atom is 0.285 e. The van der Waals surface area contributed by atoms with Gasteiger partial charge in [-0.1, -0.05) is 125 Å².